The summed E-state index contributed by atoms with van der Waals surface area (Å²) in [6, 6.07) is 13.0. The SMILES string of the molecule is CN(C)C1CCC(c2ccc(Nc3nc(-c4cncnc4)cc4cc[nH]c(=O)c34)cc2)CC1. The molecule has 168 valence electrons. The zero-order chi connectivity index (χ0) is 22.8. The Morgan fingerprint density at radius 1 is 1.00 bits per heavy atom. The summed E-state index contributed by atoms with van der Waals surface area (Å²) in [6.07, 6.45) is 11.5. The minimum atomic E-state index is -0.173. The highest BCUT2D eigenvalue weighted by Gasteiger charge is 2.23. The Morgan fingerprint density at radius 2 is 1.73 bits per heavy atom. The first kappa shape index (κ1) is 21.3. The molecule has 1 saturated carbocycles. The van der Waals surface area contributed by atoms with Gasteiger partial charge in [-0.1, -0.05) is 12.1 Å². The molecule has 0 atom stereocenters. The van der Waals surface area contributed by atoms with Crippen LogP contribution in [0.5, 0.6) is 0 Å². The molecule has 33 heavy (non-hydrogen) atoms. The molecule has 1 fully saturated rings. The minimum absolute atomic E-state index is 0.173. The number of hydrogen-bond acceptors (Lipinski definition) is 6. The Morgan fingerprint density at radius 3 is 2.42 bits per heavy atom. The van der Waals surface area contributed by atoms with Crippen LogP contribution in [0.4, 0.5) is 11.5 Å². The van der Waals surface area contributed by atoms with Crippen LogP contribution in [0.2, 0.25) is 0 Å². The first-order chi connectivity index (χ1) is 16.1. The molecule has 0 spiro atoms. The van der Waals surface area contributed by atoms with E-state index in [1.54, 1.807) is 18.6 Å². The monoisotopic (exact) mass is 440 g/mol. The van der Waals surface area contributed by atoms with Gasteiger partial charge in [0.25, 0.3) is 5.56 Å². The molecule has 7 heteroatoms. The third-order valence-electron chi connectivity index (χ3n) is 6.68. The van der Waals surface area contributed by atoms with Crippen LogP contribution in [-0.4, -0.2) is 45.0 Å². The van der Waals surface area contributed by atoms with Crippen molar-refractivity contribution in [1.29, 1.82) is 0 Å². The topological polar surface area (TPSA) is 86.8 Å². The van der Waals surface area contributed by atoms with E-state index in [2.05, 4.69) is 63.5 Å². The Balaban J connectivity index is 1.42. The number of fused-ring (bicyclic) bond motifs is 1. The number of H-pyrrole nitrogens is 1. The standard InChI is InChI=1S/C26H28N6O/c1-32(2)22-9-5-18(6-10-22)17-3-7-21(8-4-17)30-25-24-19(11-12-29-26(24)33)13-23(31-25)20-14-27-16-28-15-20/h3-4,7-8,11-16,18,22H,5-6,9-10H2,1-2H3,(H,29,33)(H,30,31). The second kappa shape index (κ2) is 9.11. The highest BCUT2D eigenvalue weighted by Crippen LogP contribution is 2.35. The van der Waals surface area contributed by atoms with Gasteiger partial charge in [0.1, 0.15) is 12.1 Å². The maximum Gasteiger partial charge on any atom is 0.259 e. The van der Waals surface area contributed by atoms with Gasteiger partial charge in [-0.2, -0.15) is 0 Å². The largest absolute Gasteiger partial charge is 0.340 e. The first-order valence-electron chi connectivity index (χ1n) is 11.4. The summed E-state index contributed by atoms with van der Waals surface area (Å²) in [6.45, 7) is 0. The van der Waals surface area contributed by atoms with Crippen LogP contribution in [0.25, 0.3) is 22.0 Å². The van der Waals surface area contributed by atoms with Crippen molar-refractivity contribution in [2.75, 3.05) is 19.4 Å². The number of aromatic nitrogens is 4. The fraction of sp³-hybridized carbons (Fsp3) is 0.308. The second-order valence-corrected chi connectivity index (χ2v) is 8.97. The van der Waals surface area contributed by atoms with Gasteiger partial charge >= 0.3 is 0 Å². The number of nitrogens with zero attached hydrogens (tertiary/aromatic N) is 4. The van der Waals surface area contributed by atoms with Crippen LogP contribution in [0.1, 0.15) is 37.2 Å². The lowest BCUT2D eigenvalue weighted by Gasteiger charge is -2.32. The van der Waals surface area contributed by atoms with Crippen molar-refractivity contribution in [3.8, 4) is 11.3 Å². The number of nitrogens with one attached hydrogen (secondary N) is 2. The Kier molecular flexibility index (Phi) is 5.88. The molecule has 1 aromatic carbocycles. The minimum Gasteiger partial charge on any atom is -0.340 e. The van der Waals surface area contributed by atoms with Gasteiger partial charge in [-0.05, 0) is 80.9 Å². The van der Waals surface area contributed by atoms with Gasteiger partial charge in [-0.15, -0.1) is 0 Å². The lowest BCUT2D eigenvalue weighted by atomic mass is 9.81. The maximum absolute atomic E-state index is 12.6. The van der Waals surface area contributed by atoms with Crippen LogP contribution in [-0.2, 0) is 0 Å². The van der Waals surface area contributed by atoms with E-state index in [9.17, 15) is 4.79 Å². The van der Waals surface area contributed by atoms with Crippen LogP contribution >= 0.6 is 0 Å². The van der Waals surface area contributed by atoms with Crippen molar-refractivity contribution in [3.05, 3.63) is 77.2 Å². The molecule has 4 aromatic rings. The normalized spacial score (nSPS) is 18.5. The molecule has 7 nitrogen and oxygen atoms in total. The third kappa shape index (κ3) is 4.50. The predicted molar refractivity (Wildman–Crippen MR) is 132 cm³/mol. The van der Waals surface area contributed by atoms with Crippen molar-refractivity contribution in [1.82, 2.24) is 24.8 Å². The highest BCUT2D eigenvalue weighted by molar-refractivity contribution is 5.95. The maximum atomic E-state index is 12.6. The van der Waals surface area contributed by atoms with Crippen molar-refractivity contribution in [2.45, 2.75) is 37.6 Å². The number of anilines is 2. The summed E-state index contributed by atoms with van der Waals surface area (Å²) in [5, 5.41) is 4.71. The molecule has 5 rings (SSSR count). The molecular weight excluding hydrogens is 412 g/mol. The van der Waals surface area contributed by atoms with Crippen LogP contribution < -0.4 is 10.9 Å². The van der Waals surface area contributed by atoms with E-state index in [0.29, 0.717) is 28.9 Å². The number of hydrogen-bond donors (Lipinski definition) is 2. The van der Waals surface area contributed by atoms with Gasteiger partial charge in [0.15, 0.2) is 0 Å². The number of rotatable bonds is 5. The van der Waals surface area contributed by atoms with Gasteiger partial charge < -0.3 is 15.2 Å². The van der Waals surface area contributed by atoms with Crippen molar-refractivity contribution in [3.63, 3.8) is 0 Å². The van der Waals surface area contributed by atoms with Crippen molar-refractivity contribution >= 4 is 22.3 Å². The molecule has 0 saturated heterocycles. The summed E-state index contributed by atoms with van der Waals surface area (Å²) in [5.41, 5.74) is 3.62. The van der Waals surface area contributed by atoms with Crippen LogP contribution in [0.3, 0.4) is 0 Å². The Hall–Kier alpha value is -3.58. The lowest BCUT2D eigenvalue weighted by Crippen LogP contribution is -2.31. The Labute approximate surface area is 192 Å². The van der Waals surface area contributed by atoms with Crippen molar-refractivity contribution < 1.29 is 0 Å². The second-order valence-electron chi connectivity index (χ2n) is 8.97. The first-order valence-corrected chi connectivity index (χ1v) is 11.4. The average molecular weight is 441 g/mol. The van der Waals surface area contributed by atoms with E-state index in [-0.39, 0.29) is 5.56 Å². The quantitative estimate of drug-likeness (QED) is 0.467. The van der Waals surface area contributed by atoms with E-state index in [4.69, 9.17) is 4.98 Å². The van der Waals surface area contributed by atoms with Crippen molar-refractivity contribution in [2.24, 2.45) is 0 Å². The summed E-state index contributed by atoms with van der Waals surface area (Å²) in [5.74, 6) is 1.13. The number of aromatic amines is 1. The molecule has 0 unspecified atom stereocenters. The van der Waals surface area contributed by atoms with E-state index in [0.717, 1.165) is 16.6 Å². The molecule has 3 heterocycles. The van der Waals surface area contributed by atoms with Gasteiger partial charge in [-0.25, -0.2) is 15.0 Å². The van der Waals surface area contributed by atoms with E-state index in [1.165, 1.54) is 37.6 Å². The summed E-state index contributed by atoms with van der Waals surface area (Å²) >= 11 is 0. The zero-order valence-electron chi connectivity index (χ0n) is 19.0. The van der Waals surface area contributed by atoms with Gasteiger partial charge in [0.2, 0.25) is 0 Å². The molecule has 1 aliphatic carbocycles. The number of pyridine rings is 2. The van der Waals surface area contributed by atoms with Gasteiger partial charge in [0, 0.05) is 35.9 Å². The summed E-state index contributed by atoms with van der Waals surface area (Å²) in [7, 11) is 4.35. The molecule has 3 aromatic heterocycles. The smallest absolute Gasteiger partial charge is 0.259 e. The summed E-state index contributed by atoms with van der Waals surface area (Å²) < 4.78 is 0. The summed E-state index contributed by atoms with van der Waals surface area (Å²) in [4.78, 5) is 30.7. The zero-order valence-corrected chi connectivity index (χ0v) is 19.0. The van der Waals surface area contributed by atoms with E-state index >= 15 is 0 Å². The third-order valence-corrected chi connectivity index (χ3v) is 6.68. The predicted octanol–water partition coefficient (Wildman–Crippen LogP) is 4.71. The molecule has 0 amide bonds. The van der Waals surface area contributed by atoms with Gasteiger partial charge in [-0.3, -0.25) is 4.79 Å². The molecule has 1 aliphatic rings. The van der Waals surface area contributed by atoms with Crippen LogP contribution in [0, 0.1) is 0 Å². The molecular formula is C26H28N6O. The van der Waals surface area contributed by atoms with Crippen LogP contribution in [0.15, 0.2) is 66.1 Å². The van der Waals surface area contributed by atoms with E-state index in [1.807, 2.05) is 12.1 Å². The van der Waals surface area contributed by atoms with E-state index < -0.39 is 0 Å². The molecule has 0 bridgehead atoms. The molecule has 2 N–H and O–H groups in total. The molecule has 0 radical (unpaired) electrons. The van der Waals surface area contributed by atoms with Gasteiger partial charge in [0.05, 0.1) is 11.1 Å². The lowest BCUT2D eigenvalue weighted by molar-refractivity contribution is 0.216. The fourth-order valence-electron chi connectivity index (χ4n) is 4.78. The average Bonchev–Trinajstić information content (AvgIpc) is 2.85. The molecule has 0 aliphatic heterocycles. The Bertz CT molecular complexity index is 1290. The number of benzene rings is 1. The fourth-order valence-corrected chi connectivity index (χ4v) is 4.78. The highest BCUT2D eigenvalue weighted by atomic mass is 16.1.